The van der Waals surface area contributed by atoms with E-state index < -0.39 is 6.04 Å². The summed E-state index contributed by atoms with van der Waals surface area (Å²) in [4.78, 5) is 27.4. The summed E-state index contributed by atoms with van der Waals surface area (Å²) < 4.78 is 0.906. The van der Waals surface area contributed by atoms with Crippen LogP contribution in [0.5, 0.6) is 0 Å². The summed E-state index contributed by atoms with van der Waals surface area (Å²) in [6.07, 6.45) is 0.750. The topological polar surface area (TPSA) is 59.1 Å². The number of carbonyl (C=O) groups is 2. The molecular weight excluding hydrogens is 320 g/mol. The molecule has 0 aliphatic heterocycles. The molecule has 1 heterocycles. The standard InChI is InChI=1S/C15H15BrN2O2/c1-9(2)14(8-19)18-15(20)12-6-4-10-3-5-11(16)7-13(10)17-12/h3-9,14H,1-2H3,(H,18,20). The van der Waals surface area contributed by atoms with Crippen LogP contribution in [0.4, 0.5) is 0 Å². The number of aldehydes is 1. The third kappa shape index (κ3) is 3.22. The first-order chi connectivity index (χ1) is 9.51. The molecule has 0 saturated carbocycles. The minimum absolute atomic E-state index is 0.0473. The first kappa shape index (κ1) is 14.7. The van der Waals surface area contributed by atoms with E-state index in [2.05, 4.69) is 26.2 Å². The van der Waals surface area contributed by atoms with Gasteiger partial charge in [-0.3, -0.25) is 4.79 Å². The molecule has 20 heavy (non-hydrogen) atoms. The predicted molar refractivity (Wildman–Crippen MR) is 81.6 cm³/mol. The number of pyridine rings is 1. The van der Waals surface area contributed by atoms with Gasteiger partial charge in [0.05, 0.1) is 11.6 Å². The van der Waals surface area contributed by atoms with Crippen LogP contribution in [0.25, 0.3) is 10.9 Å². The van der Waals surface area contributed by atoms with Crippen LogP contribution in [0.15, 0.2) is 34.8 Å². The largest absolute Gasteiger partial charge is 0.341 e. The van der Waals surface area contributed by atoms with Crippen LogP contribution in [-0.2, 0) is 4.79 Å². The van der Waals surface area contributed by atoms with E-state index in [0.717, 1.165) is 21.7 Å². The number of carbonyl (C=O) groups excluding carboxylic acids is 2. The van der Waals surface area contributed by atoms with E-state index in [9.17, 15) is 9.59 Å². The second-order valence-corrected chi connectivity index (χ2v) is 5.83. The lowest BCUT2D eigenvalue weighted by atomic mass is 10.1. The summed E-state index contributed by atoms with van der Waals surface area (Å²) in [7, 11) is 0. The Morgan fingerprint density at radius 2 is 2.00 bits per heavy atom. The summed E-state index contributed by atoms with van der Waals surface area (Å²) in [6, 6.07) is 8.71. The zero-order chi connectivity index (χ0) is 14.7. The van der Waals surface area contributed by atoms with Gasteiger partial charge in [-0.15, -0.1) is 0 Å². The fourth-order valence-electron chi connectivity index (χ4n) is 1.80. The molecule has 1 unspecified atom stereocenters. The molecule has 2 rings (SSSR count). The normalized spacial score (nSPS) is 12.4. The second kappa shape index (κ2) is 6.13. The molecular formula is C15H15BrN2O2. The van der Waals surface area contributed by atoms with Gasteiger partial charge in [0.25, 0.3) is 5.91 Å². The molecule has 0 saturated heterocycles. The Labute approximate surface area is 125 Å². The van der Waals surface area contributed by atoms with Crippen LogP contribution in [-0.4, -0.2) is 23.2 Å². The molecule has 1 atom stereocenters. The fourth-order valence-corrected chi connectivity index (χ4v) is 2.15. The van der Waals surface area contributed by atoms with E-state index in [1.807, 2.05) is 38.1 Å². The first-order valence-electron chi connectivity index (χ1n) is 6.33. The third-order valence-corrected chi connectivity index (χ3v) is 3.54. The highest BCUT2D eigenvalue weighted by Gasteiger charge is 2.17. The number of nitrogens with one attached hydrogen (secondary N) is 1. The summed E-state index contributed by atoms with van der Waals surface area (Å²) >= 11 is 3.38. The van der Waals surface area contributed by atoms with Crippen molar-refractivity contribution in [3.05, 3.63) is 40.5 Å². The molecule has 0 spiro atoms. The van der Waals surface area contributed by atoms with Crippen LogP contribution in [0.3, 0.4) is 0 Å². The summed E-state index contributed by atoms with van der Waals surface area (Å²) in [5.41, 5.74) is 1.04. The van der Waals surface area contributed by atoms with Crippen molar-refractivity contribution in [3.63, 3.8) is 0 Å². The molecule has 0 aliphatic carbocycles. The molecule has 0 radical (unpaired) electrons. The number of fused-ring (bicyclic) bond motifs is 1. The molecule has 1 aromatic heterocycles. The lowest BCUT2D eigenvalue weighted by Crippen LogP contribution is -2.40. The van der Waals surface area contributed by atoms with Crippen molar-refractivity contribution in [3.8, 4) is 0 Å². The minimum Gasteiger partial charge on any atom is -0.341 e. The Balaban J connectivity index is 2.28. The zero-order valence-electron chi connectivity index (χ0n) is 11.3. The molecule has 1 amide bonds. The van der Waals surface area contributed by atoms with Gasteiger partial charge in [-0.05, 0) is 24.1 Å². The van der Waals surface area contributed by atoms with Crippen molar-refractivity contribution in [2.75, 3.05) is 0 Å². The molecule has 4 nitrogen and oxygen atoms in total. The number of hydrogen-bond acceptors (Lipinski definition) is 3. The SMILES string of the molecule is CC(C)C(C=O)NC(=O)c1ccc2ccc(Br)cc2n1. The van der Waals surface area contributed by atoms with Crippen LogP contribution in [0.2, 0.25) is 0 Å². The van der Waals surface area contributed by atoms with Gasteiger partial charge >= 0.3 is 0 Å². The van der Waals surface area contributed by atoms with Gasteiger partial charge in [-0.25, -0.2) is 4.98 Å². The predicted octanol–water partition coefficient (Wildman–Crippen LogP) is 2.95. The Bertz CT molecular complexity index is 655. The number of benzene rings is 1. The van der Waals surface area contributed by atoms with Gasteiger partial charge in [0, 0.05) is 9.86 Å². The van der Waals surface area contributed by atoms with Crippen molar-refractivity contribution in [2.45, 2.75) is 19.9 Å². The van der Waals surface area contributed by atoms with Gasteiger partial charge in [-0.2, -0.15) is 0 Å². The number of hydrogen-bond donors (Lipinski definition) is 1. The Morgan fingerprint density at radius 1 is 1.30 bits per heavy atom. The van der Waals surface area contributed by atoms with E-state index in [0.29, 0.717) is 5.69 Å². The quantitative estimate of drug-likeness (QED) is 0.874. The highest BCUT2D eigenvalue weighted by molar-refractivity contribution is 9.10. The Morgan fingerprint density at radius 3 is 2.65 bits per heavy atom. The maximum Gasteiger partial charge on any atom is 0.270 e. The molecule has 0 fully saturated rings. The van der Waals surface area contributed by atoms with Crippen LogP contribution >= 0.6 is 15.9 Å². The molecule has 5 heteroatoms. The highest BCUT2D eigenvalue weighted by Crippen LogP contribution is 2.18. The van der Waals surface area contributed by atoms with Gasteiger partial charge in [0.2, 0.25) is 0 Å². The summed E-state index contributed by atoms with van der Waals surface area (Å²) in [6.45, 7) is 3.76. The molecule has 2 aromatic rings. The van der Waals surface area contributed by atoms with Gasteiger partial charge < -0.3 is 10.1 Å². The van der Waals surface area contributed by atoms with Crippen molar-refractivity contribution in [2.24, 2.45) is 5.92 Å². The second-order valence-electron chi connectivity index (χ2n) is 4.91. The van der Waals surface area contributed by atoms with Crippen molar-refractivity contribution < 1.29 is 9.59 Å². The van der Waals surface area contributed by atoms with Crippen LogP contribution in [0, 0.1) is 5.92 Å². The average molecular weight is 335 g/mol. The molecule has 0 bridgehead atoms. The summed E-state index contributed by atoms with van der Waals surface area (Å²) in [5, 5.41) is 3.64. The smallest absolute Gasteiger partial charge is 0.270 e. The molecule has 0 aliphatic rings. The molecule has 1 aromatic carbocycles. The van der Waals surface area contributed by atoms with Gasteiger partial charge in [0.1, 0.15) is 12.0 Å². The average Bonchev–Trinajstić information content (AvgIpc) is 2.43. The van der Waals surface area contributed by atoms with Crippen molar-refractivity contribution in [1.29, 1.82) is 0 Å². The Kier molecular flexibility index (Phi) is 4.49. The fraction of sp³-hybridized carbons (Fsp3) is 0.267. The number of amides is 1. The van der Waals surface area contributed by atoms with E-state index >= 15 is 0 Å². The maximum absolute atomic E-state index is 12.1. The van der Waals surface area contributed by atoms with E-state index in [1.165, 1.54) is 0 Å². The van der Waals surface area contributed by atoms with E-state index in [-0.39, 0.29) is 11.8 Å². The van der Waals surface area contributed by atoms with E-state index in [4.69, 9.17) is 0 Å². The zero-order valence-corrected chi connectivity index (χ0v) is 12.8. The number of halogens is 1. The lowest BCUT2D eigenvalue weighted by Gasteiger charge is -2.15. The van der Waals surface area contributed by atoms with Gasteiger partial charge in [0.15, 0.2) is 0 Å². The molecule has 1 N–H and O–H groups in total. The number of rotatable bonds is 4. The highest BCUT2D eigenvalue weighted by atomic mass is 79.9. The number of aromatic nitrogens is 1. The maximum atomic E-state index is 12.1. The monoisotopic (exact) mass is 334 g/mol. The lowest BCUT2D eigenvalue weighted by molar-refractivity contribution is -0.110. The minimum atomic E-state index is -0.498. The van der Waals surface area contributed by atoms with Gasteiger partial charge in [-0.1, -0.05) is 41.9 Å². The molecule has 104 valence electrons. The van der Waals surface area contributed by atoms with Crippen LogP contribution < -0.4 is 5.32 Å². The van der Waals surface area contributed by atoms with Crippen molar-refractivity contribution >= 4 is 39.0 Å². The first-order valence-corrected chi connectivity index (χ1v) is 7.13. The number of nitrogens with zero attached hydrogens (tertiary/aromatic N) is 1. The van der Waals surface area contributed by atoms with Crippen molar-refractivity contribution in [1.82, 2.24) is 10.3 Å². The van der Waals surface area contributed by atoms with E-state index in [1.54, 1.807) is 6.07 Å². The Hall–Kier alpha value is -1.75. The van der Waals surface area contributed by atoms with Crippen LogP contribution in [0.1, 0.15) is 24.3 Å². The third-order valence-electron chi connectivity index (χ3n) is 3.05. The summed E-state index contributed by atoms with van der Waals surface area (Å²) in [5.74, 6) is -0.288.